The summed E-state index contributed by atoms with van der Waals surface area (Å²) in [5, 5.41) is 11.2. The van der Waals surface area contributed by atoms with Gasteiger partial charge in [0.25, 0.3) is 5.91 Å². The Balaban J connectivity index is 2.78. The third kappa shape index (κ3) is 4.65. The number of halogens is 2. The van der Waals surface area contributed by atoms with E-state index in [9.17, 15) is 18.4 Å². The van der Waals surface area contributed by atoms with Crippen molar-refractivity contribution in [1.82, 2.24) is 5.32 Å². The van der Waals surface area contributed by atoms with Crippen LogP contribution in [-0.2, 0) is 4.79 Å². The summed E-state index contributed by atoms with van der Waals surface area (Å²) in [6, 6.07) is 2.05. The quantitative estimate of drug-likeness (QED) is 0.834. The molecule has 0 aliphatic rings. The highest BCUT2D eigenvalue weighted by Gasteiger charge is 2.18. The minimum Gasteiger partial charge on any atom is -0.481 e. The van der Waals surface area contributed by atoms with Gasteiger partial charge in [-0.2, -0.15) is 0 Å². The molecule has 2 N–H and O–H groups in total. The van der Waals surface area contributed by atoms with Gasteiger partial charge >= 0.3 is 5.97 Å². The van der Waals surface area contributed by atoms with E-state index in [2.05, 4.69) is 5.32 Å². The lowest BCUT2D eigenvalue weighted by atomic mass is 10.1. The van der Waals surface area contributed by atoms with E-state index in [0.717, 1.165) is 12.1 Å². The van der Waals surface area contributed by atoms with Crippen LogP contribution in [0.3, 0.4) is 0 Å². The number of nitrogens with one attached hydrogen (secondary N) is 1. The van der Waals surface area contributed by atoms with Gasteiger partial charge in [-0.15, -0.1) is 0 Å². The fraction of sp³-hybridized carbons (Fsp3) is 0.385. The Morgan fingerprint density at radius 2 is 2.05 bits per heavy atom. The van der Waals surface area contributed by atoms with Crippen LogP contribution in [0.5, 0.6) is 0 Å². The molecule has 1 rings (SSSR count). The average molecular weight is 271 g/mol. The summed E-state index contributed by atoms with van der Waals surface area (Å²) in [6.07, 6.45) is 0.924. The van der Waals surface area contributed by atoms with E-state index in [1.807, 2.05) is 6.92 Å². The number of rotatable bonds is 6. The van der Waals surface area contributed by atoms with E-state index in [-0.39, 0.29) is 12.0 Å². The van der Waals surface area contributed by atoms with Crippen LogP contribution >= 0.6 is 0 Å². The lowest BCUT2D eigenvalue weighted by molar-refractivity contribution is -0.137. The van der Waals surface area contributed by atoms with Crippen LogP contribution in [0.2, 0.25) is 0 Å². The van der Waals surface area contributed by atoms with E-state index < -0.39 is 29.6 Å². The van der Waals surface area contributed by atoms with Gasteiger partial charge in [0, 0.05) is 12.1 Å². The van der Waals surface area contributed by atoms with Crippen molar-refractivity contribution in [1.29, 1.82) is 0 Å². The maximum absolute atomic E-state index is 13.4. The maximum Gasteiger partial charge on any atom is 0.305 e. The first-order chi connectivity index (χ1) is 8.93. The molecule has 1 unspecified atom stereocenters. The van der Waals surface area contributed by atoms with Crippen LogP contribution in [0.1, 0.15) is 36.5 Å². The first kappa shape index (κ1) is 15.1. The highest BCUT2D eigenvalue weighted by Crippen LogP contribution is 2.11. The number of hydrogen-bond donors (Lipinski definition) is 2. The van der Waals surface area contributed by atoms with Gasteiger partial charge in [-0.25, -0.2) is 8.78 Å². The lowest BCUT2D eigenvalue weighted by Crippen LogP contribution is -2.36. The largest absolute Gasteiger partial charge is 0.481 e. The van der Waals surface area contributed by atoms with Crippen LogP contribution in [-0.4, -0.2) is 23.0 Å². The predicted molar refractivity (Wildman–Crippen MR) is 64.8 cm³/mol. The summed E-state index contributed by atoms with van der Waals surface area (Å²) in [6.45, 7) is 1.85. The summed E-state index contributed by atoms with van der Waals surface area (Å²) in [5.74, 6) is -3.52. The zero-order chi connectivity index (χ0) is 14.4. The molecule has 0 radical (unpaired) electrons. The van der Waals surface area contributed by atoms with Crippen molar-refractivity contribution < 1.29 is 23.5 Å². The number of benzene rings is 1. The third-order valence-corrected chi connectivity index (χ3v) is 2.57. The molecule has 0 fully saturated rings. The molecule has 0 saturated heterocycles. The number of carboxylic acid groups (broad SMARTS) is 1. The molecule has 1 aromatic rings. The highest BCUT2D eigenvalue weighted by atomic mass is 19.1. The SMILES string of the molecule is CCCC(CC(=O)O)NC(=O)c1ccc(F)cc1F. The summed E-state index contributed by atoms with van der Waals surface area (Å²) in [7, 11) is 0. The maximum atomic E-state index is 13.4. The second kappa shape index (κ2) is 6.82. The molecule has 1 aromatic carbocycles. The molecule has 0 aliphatic heterocycles. The van der Waals surface area contributed by atoms with Gasteiger partial charge in [0.15, 0.2) is 0 Å². The predicted octanol–water partition coefficient (Wildman–Crippen LogP) is 2.34. The number of hydrogen-bond acceptors (Lipinski definition) is 2. The zero-order valence-electron chi connectivity index (χ0n) is 10.5. The van der Waals surface area contributed by atoms with Gasteiger partial charge in [0.05, 0.1) is 12.0 Å². The van der Waals surface area contributed by atoms with Gasteiger partial charge < -0.3 is 10.4 Å². The number of amides is 1. The van der Waals surface area contributed by atoms with Crippen LogP contribution in [0.15, 0.2) is 18.2 Å². The Morgan fingerprint density at radius 1 is 1.37 bits per heavy atom. The van der Waals surface area contributed by atoms with E-state index >= 15 is 0 Å². The first-order valence-electron chi connectivity index (χ1n) is 5.91. The van der Waals surface area contributed by atoms with Crippen molar-refractivity contribution in [3.05, 3.63) is 35.4 Å². The standard InChI is InChI=1S/C13H15F2NO3/c1-2-3-9(7-12(17)18)16-13(19)10-5-4-8(14)6-11(10)15/h4-6,9H,2-3,7H2,1H3,(H,16,19)(H,17,18). The van der Waals surface area contributed by atoms with Crippen molar-refractivity contribution in [2.24, 2.45) is 0 Å². The number of carbonyl (C=O) groups excluding carboxylic acids is 1. The Labute approximate surface area is 109 Å². The van der Waals surface area contributed by atoms with Crippen LogP contribution in [0.4, 0.5) is 8.78 Å². The molecule has 1 atom stereocenters. The summed E-state index contributed by atoms with van der Waals surface area (Å²) in [5.41, 5.74) is -0.298. The topological polar surface area (TPSA) is 66.4 Å². The molecule has 1 amide bonds. The fourth-order valence-electron chi connectivity index (χ4n) is 1.72. The van der Waals surface area contributed by atoms with Gasteiger partial charge in [-0.05, 0) is 18.6 Å². The van der Waals surface area contributed by atoms with Gasteiger partial charge in [-0.1, -0.05) is 13.3 Å². The normalized spacial score (nSPS) is 11.9. The van der Waals surface area contributed by atoms with Crippen molar-refractivity contribution in [3.8, 4) is 0 Å². The van der Waals surface area contributed by atoms with Crippen molar-refractivity contribution in [2.45, 2.75) is 32.2 Å². The molecule has 0 saturated carbocycles. The van der Waals surface area contributed by atoms with Crippen LogP contribution in [0, 0.1) is 11.6 Å². The second-order valence-corrected chi connectivity index (χ2v) is 4.18. The van der Waals surface area contributed by atoms with E-state index in [1.165, 1.54) is 0 Å². The van der Waals surface area contributed by atoms with Crippen molar-refractivity contribution in [2.75, 3.05) is 0 Å². The average Bonchev–Trinajstić information content (AvgIpc) is 2.27. The van der Waals surface area contributed by atoms with Gasteiger partial charge in [0.1, 0.15) is 11.6 Å². The van der Waals surface area contributed by atoms with E-state index in [4.69, 9.17) is 5.11 Å². The van der Waals surface area contributed by atoms with Crippen molar-refractivity contribution >= 4 is 11.9 Å². The zero-order valence-corrected chi connectivity index (χ0v) is 10.5. The van der Waals surface area contributed by atoms with Crippen LogP contribution in [0.25, 0.3) is 0 Å². The van der Waals surface area contributed by atoms with Gasteiger partial charge in [-0.3, -0.25) is 9.59 Å². The summed E-state index contributed by atoms with van der Waals surface area (Å²) >= 11 is 0. The molecule has 104 valence electrons. The summed E-state index contributed by atoms with van der Waals surface area (Å²) in [4.78, 5) is 22.4. The molecule has 19 heavy (non-hydrogen) atoms. The first-order valence-corrected chi connectivity index (χ1v) is 5.91. The fourth-order valence-corrected chi connectivity index (χ4v) is 1.72. The molecule has 0 aromatic heterocycles. The monoisotopic (exact) mass is 271 g/mol. The minimum absolute atomic E-state index is 0.234. The van der Waals surface area contributed by atoms with Crippen molar-refractivity contribution in [3.63, 3.8) is 0 Å². The number of carbonyl (C=O) groups is 2. The number of aliphatic carboxylic acids is 1. The smallest absolute Gasteiger partial charge is 0.305 e. The van der Waals surface area contributed by atoms with E-state index in [1.54, 1.807) is 0 Å². The Morgan fingerprint density at radius 3 is 2.58 bits per heavy atom. The third-order valence-electron chi connectivity index (χ3n) is 2.57. The minimum atomic E-state index is -1.04. The molecule has 6 heteroatoms. The van der Waals surface area contributed by atoms with Gasteiger partial charge in [0.2, 0.25) is 0 Å². The molecule has 0 aliphatic carbocycles. The Hall–Kier alpha value is -1.98. The summed E-state index contributed by atoms with van der Waals surface area (Å²) < 4.78 is 26.1. The molecule has 0 heterocycles. The Kier molecular flexibility index (Phi) is 5.41. The molecular formula is C13H15F2NO3. The molecule has 0 bridgehead atoms. The molecule has 4 nitrogen and oxygen atoms in total. The second-order valence-electron chi connectivity index (χ2n) is 4.18. The Bertz CT molecular complexity index is 477. The van der Waals surface area contributed by atoms with E-state index in [0.29, 0.717) is 18.9 Å². The van der Waals surface area contributed by atoms with Crippen LogP contribution < -0.4 is 5.32 Å². The number of carboxylic acids is 1. The molecule has 0 spiro atoms. The highest BCUT2D eigenvalue weighted by molar-refractivity contribution is 5.94. The molecular weight excluding hydrogens is 256 g/mol. The lowest BCUT2D eigenvalue weighted by Gasteiger charge is -2.16.